The van der Waals surface area contributed by atoms with Crippen LogP contribution in [-0.2, 0) is 4.79 Å². The van der Waals surface area contributed by atoms with Gasteiger partial charge in [0.2, 0.25) is 5.88 Å². The molecular weight excluding hydrogens is 318 g/mol. The van der Waals surface area contributed by atoms with Crippen molar-refractivity contribution in [3.8, 4) is 11.6 Å². The number of carbonyl (C=O) groups excluding carboxylic acids is 1. The summed E-state index contributed by atoms with van der Waals surface area (Å²) in [7, 11) is 0. The van der Waals surface area contributed by atoms with Gasteiger partial charge in [0.05, 0.1) is 11.9 Å². The Morgan fingerprint density at radius 2 is 1.76 bits per heavy atom. The van der Waals surface area contributed by atoms with E-state index in [1.165, 1.54) is 12.8 Å². The molecule has 2 fully saturated rings. The number of aromatic nitrogens is 3. The molecule has 2 aliphatic rings. The van der Waals surface area contributed by atoms with E-state index in [0.717, 1.165) is 31.4 Å². The highest BCUT2D eigenvalue weighted by molar-refractivity contribution is 5.79. The van der Waals surface area contributed by atoms with Crippen molar-refractivity contribution in [3.63, 3.8) is 0 Å². The maximum absolute atomic E-state index is 12.7. The first-order valence-electron chi connectivity index (χ1n) is 9.15. The predicted molar refractivity (Wildman–Crippen MR) is 93.2 cm³/mol. The summed E-state index contributed by atoms with van der Waals surface area (Å²) in [5, 5.41) is 0. The second-order valence-electron chi connectivity index (χ2n) is 7.01. The van der Waals surface area contributed by atoms with Crippen LogP contribution in [0.4, 0.5) is 0 Å². The van der Waals surface area contributed by atoms with Crippen LogP contribution >= 0.6 is 0 Å². The van der Waals surface area contributed by atoms with Gasteiger partial charge in [-0.1, -0.05) is 0 Å². The summed E-state index contributed by atoms with van der Waals surface area (Å²) in [5.41, 5.74) is 0.653. The third-order valence-corrected chi connectivity index (χ3v) is 5.30. The van der Waals surface area contributed by atoms with E-state index in [9.17, 15) is 9.59 Å². The molecule has 0 saturated heterocycles. The van der Waals surface area contributed by atoms with Gasteiger partial charge < -0.3 is 4.74 Å². The molecule has 0 unspecified atom stereocenters. The fraction of sp³-hybridized carbons (Fsp3) is 0.526. The molecule has 0 amide bonds. The van der Waals surface area contributed by atoms with E-state index < -0.39 is 0 Å². The molecule has 2 saturated carbocycles. The van der Waals surface area contributed by atoms with E-state index in [2.05, 4.69) is 4.98 Å². The van der Waals surface area contributed by atoms with Crippen molar-refractivity contribution in [2.45, 2.75) is 63.5 Å². The van der Waals surface area contributed by atoms with Crippen molar-refractivity contribution >= 4 is 5.78 Å². The highest BCUT2D eigenvalue weighted by Crippen LogP contribution is 2.25. The summed E-state index contributed by atoms with van der Waals surface area (Å²) in [5.74, 6) is 0.916. The number of ketones is 1. The summed E-state index contributed by atoms with van der Waals surface area (Å²) in [6.07, 6.45) is 12.8. The summed E-state index contributed by atoms with van der Waals surface area (Å²) in [6.45, 7) is 0. The van der Waals surface area contributed by atoms with E-state index in [-0.39, 0.29) is 17.8 Å². The van der Waals surface area contributed by atoms with Crippen LogP contribution in [0.5, 0.6) is 5.88 Å². The maximum atomic E-state index is 12.7. The summed E-state index contributed by atoms with van der Waals surface area (Å²) >= 11 is 0. The normalized spacial score (nSPS) is 19.4. The molecule has 0 spiro atoms. The lowest BCUT2D eigenvalue weighted by Gasteiger charge is -2.21. The molecule has 0 aliphatic heterocycles. The Morgan fingerprint density at radius 3 is 2.44 bits per heavy atom. The minimum absolute atomic E-state index is 0.0781. The number of hydrogen-bond donors (Lipinski definition) is 0. The fourth-order valence-electron chi connectivity index (χ4n) is 3.83. The van der Waals surface area contributed by atoms with Crippen LogP contribution in [-0.4, -0.2) is 26.0 Å². The zero-order valence-electron chi connectivity index (χ0n) is 14.3. The molecule has 0 atom stereocenters. The van der Waals surface area contributed by atoms with E-state index in [4.69, 9.17) is 4.74 Å². The van der Waals surface area contributed by atoms with Crippen molar-refractivity contribution < 1.29 is 9.53 Å². The lowest BCUT2D eigenvalue weighted by atomic mass is 9.94. The monoisotopic (exact) mass is 341 g/mol. The lowest BCUT2D eigenvalue weighted by molar-refractivity contribution is -0.120. The molecule has 4 rings (SSSR count). The molecule has 2 aromatic rings. The molecule has 2 aliphatic carbocycles. The molecule has 0 aromatic carbocycles. The van der Waals surface area contributed by atoms with Crippen molar-refractivity contribution in [1.82, 2.24) is 14.1 Å². The van der Waals surface area contributed by atoms with Gasteiger partial charge in [-0.15, -0.1) is 0 Å². The van der Waals surface area contributed by atoms with E-state index >= 15 is 0 Å². The van der Waals surface area contributed by atoms with Crippen LogP contribution in [0.2, 0.25) is 0 Å². The number of ether oxygens (including phenoxy) is 1. The Labute approximate surface area is 146 Å². The number of carbonyl (C=O) groups is 1. The van der Waals surface area contributed by atoms with Crippen LogP contribution in [0.15, 0.2) is 35.5 Å². The van der Waals surface area contributed by atoms with Gasteiger partial charge in [0.15, 0.2) is 0 Å². The quantitative estimate of drug-likeness (QED) is 0.857. The number of pyridine rings is 1. The van der Waals surface area contributed by atoms with Crippen molar-refractivity contribution in [2.75, 3.05) is 0 Å². The predicted octanol–water partition coefficient (Wildman–Crippen LogP) is 3.04. The number of nitrogens with zero attached hydrogens (tertiary/aromatic N) is 3. The van der Waals surface area contributed by atoms with Gasteiger partial charge in [0, 0.05) is 37.3 Å². The van der Waals surface area contributed by atoms with Gasteiger partial charge in [-0.3, -0.25) is 13.9 Å². The first-order valence-corrected chi connectivity index (χ1v) is 9.15. The van der Waals surface area contributed by atoms with Gasteiger partial charge >= 0.3 is 5.69 Å². The lowest BCUT2D eigenvalue weighted by Crippen LogP contribution is -2.29. The Balaban J connectivity index is 1.50. The molecule has 2 aromatic heterocycles. The van der Waals surface area contributed by atoms with Gasteiger partial charge in [0.25, 0.3) is 0 Å². The molecule has 25 heavy (non-hydrogen) atoms. The summed E-state index contributed by atoms with van der Waals surface area (Å²) < 4.78 is 9.22. The molecule has 0 radical (unpaired) electrons. The number of imidazole rings is 1. The van der Waals surface area contributed by atoms with Crippen molar-refractivity contribution in [3.05, 3.63) is 41.2 Å². The van der Waals surface area contributed by atoms with Gasteiger partial charge in [-0.25, -0.2) is 9.78 Å². The first-order chi connectivity index (χ1) is 12.2. The van der Waals surface area contributed by atoms with E-state index in [0.29, 0.717) is 24.5 Å². The number of hydrogen-bond acceptors (Lipinski definition) is 4. The fourth-order valence-corrected chi connectivity index (χ4v) is 3.83. The maximum Gasteiger partial charge on any atom is 0.333 e. The van der Waals surface area contributed by atoms with Crippen LogP contribution in [0, 0.1) is 0 Å². The topological polar surface area (TPSA) is 66.1 Å². The van der Waals surface area contributed by atoms with E-state index in [1.807, 2.05) is 18.3 Å². The largest absolute Gasteiger partial charge is 0.474 e. The molecule has 6 heteroatoms. The number of Topliss-reactive ketones (excluding diaryl/α,β-unsaturated/α-hetero) is 1. The minimum atomic E-state index is -0.0781. The van der Waals surface area contributed by atoms with Gasteiger partial charge in [-0.2, -0.15) is 0 Å². The first kappa shape index (κ1) is 16.1. The van der Waals surface area contributed by atoms with Crippen LogP contribution in [0.1, 0.15) is 57.4 Å². The van der Waals surface area contributed by atoms with E-state index in [1.54, 1.807) is 21.5 Å². The zero-order valence-corrected chi connectivity index (χ0v) is 14.3. The molecular formula is C19H23N3O3. The van der Waals surface area contributed by atoms with Gasteiger partial charge in [-0.05, 0) is 44.6 Å². The Bertz CT molecular complexity index is 790. The standard InChI is InChI=1S/C19H23N3O3/c23-16-8-5-14(6-9-16)21-11-12-22(19(21)24)15-7-10-18(20-13-15)25-17-3-1-2-4-17/h7,10-14,17H,1-6,8-9H2. The molecule has 0 N–H and O–H groups in total. The van der Waals surface area contributed by atoms with Crippen molar-refractivity contribution in [1.29, 1.82) is 0 Å². The smallest absolute Gasteiger partial charge is 0.333 e. The third kappa shape index (κ3) is 3.38. The van der Waals surface area contributed by atoms with Crippen LogP contribution < -0.4 is 10.4 Å². The second kappa shape index (κ2) is 6.86. The molecule has 132 valence electrons. The molecule has 6 nitrogen and oxygen atoms in total. The third-order valence-electron chi connectivity index (χ3n) is 5.30. The molecule has 2 heterocycles. The average Bonchev–Trinajstić information content (AvgIpc) is 3.26. The summed E-state index contributed by atoms with van der Waals surface area (Å²) in [6, 6.07) is 3.81. The zero-order chi connectivity index (χ0) is 17.2. The Kier molecular flexibility index (Phi) is 4.42. The summed E-state index contributed by atoms with van der Waals surface area (Å²) in [4.78, 5) is 28.4. The molecule has 0 bridgehead atoms. The van der Waals surface area contributed by atoms with Crippen molar-refractivity contribution in [2.24, 2.45) is 0 Å². The second-order valence-corrected chi connectivity index (χ2v) is 7.01. The van der Waals surface area contributed by atoms with Crippen LogP contribution in [0.25, 0.3) is 5.69 Å². The highest BCUT2D eigenvalue weighted by atomic mass is 16.5. The Hall–Kier alpha value is -2.37. The Morgan fingerprint density at radius 1 is 1.00 bits per heavy atom. The highest BCUT2D eigenvalue weighted by Gasteiger charge is 2.22. The SMILES string of the molecule is O=C1CCC(n2ccn(-c3ccc(OC4CCCC4)nc3)c2=O)CC1. The average molecular weight is 341 g/mol. The van der Waals surface area contributed by atoms with Crippen LogP contribution in [0.3, 0.4) is 0 Å². The minimum Gasteiger partial charge on any atom is -0.474 e. The van der Waals surface area contributed by atoms with Gasteiger partial charge in [0.1, 0.15) is 11.9 Å². The number of rotatable bonds is 4.